The summed E-state index contributed by atoms with van der Waals surface area (Å²) < 4.78 is 0. The second kappa shape index (κ2) is 4.97. The smallest absolute Gasteiger partial charge is 0.00228 e. The van der Waals surface area contributed by atoms with Gasteiger partial charge in [0, 0.05) is 0 Å². The SMILES string of the molecule is Cc1ccc(Cc2ccccc2C(C)(C)C)cc1. The summed E-state index contributed by atoms with van der Waals surface area (Å²) in [6.45, 7) is 8.97. The van der Waals surface area contributed by atoms with Gasteiger partial charge in [0.05, 0.1) is 0 Å². The zero-order chi connectivity index (χ0) is 13.2. The minimum atomic E-state index is 0.210. The number of hydrogen-bond donors (Lipinski definition) is 0. The molecule has 0 saturated heterocycles. The second-order valence-electron chi connectivity index (χ2n) is 6.07. The molecule has 0 aromatic heterocycles. The largest absolute Gasteiger partial charge is 0.0620 e. The molecule has 94 valence electrons. The lowest BCUT2D eigenvalue weighted by molar-refractivity contribution is 0.584. The third-order valence-electron chi connectivity index (χ3n) is 3.34. The van der Waals surface area contributed by atoms with Crippen LogP contribution in [0.15, 0.2) is 48.5 Å². The molecule has 0 radical (unpaired) electrons. The van der Waals surface area contributed by atoms with Crippen molar-refractivity contribution in [3.63, 3.8) is 0 Å². The van der Waals surface area contributed by atoms with Crippen molar-refractivity contribution in [1.29, 1.82) is 0 Å². The van der Waals surface area contributed by atoms with Crippen LogP contribution in [0, 0.1) is 6.92 Å². The molecule has 0 aliphatic carbocycles. The van der Waals surface area contributed by atoms with Gasteiger partial charge in [-0.05, 0) is 35.4 Å². The summed E-state index contributed by atoms with van der Waals surface area (Å²) in [6, 6.07) is 17.6. The highest BCUT2D eigenvalue weighted by molar-refractivity contribution is 5.37. The van der Waals surface area contributed by atoms with Crippen molar-refractivity contribution in [2.45, 2.75) is 39.5 Å². The first kappa shape index (κ1) is 12.9. The van der Waals surface area contributed by atoms with Gasteiger partial charge in [0.25, 0.3) is 0 Å². The molecule has 0 unspecified atom stereocenters. The van der Waals surface area contributed by atoms with Crippen LogP contribution >= 0.6 is 0 Å². The van der Waals surface area contributed by atoms with Crippen molar-refractivity contribution in [1.82, 2.24) is 0 Å². The van der Waals surface area contributed by atoms with E-state index in [1.54, 1.807) is 0 Å². The summed E-state index contributed by atoms with van der Waals surface area (Å²) in [5.41, 5.74) is 5.81. The maximum Gasteiger partial charge on any atom is -0.00228 e. The molecule has 0 nitrogen and oxygen atoms in total. The topological polar surface area (TPSA) is 0 Å². The van der Waals surface area contributed by atoms with Crippen LogP contribution in [0.25, 0.3) is 0 Å². The summed E-state index contributed by atoms with van der Waals surface area (Å²) >= 11 is 0. The van der Waals surface area contributed by atoms with Crippen LogP contribution in [0.2, 0.25) is 0 Å². The zero-order valence-corrected chi connectivity index (χ0v) is 11.8. The van der Waals surface area contributed by atoms with Gasteiger partial charge >= 0.3 is 0 Å². The Bertz CT molecular complexity index is 512. The zero-order valence-electron chi connectivity index (χ0n) is 11.8. The van der Waals surface area contributed by atoms with E-state index in [-0.39, 0.29) is 5.41 Å². The number of rotatable bonds is 2. The Hall–Kier alpha value is -1.56. The van der Waals surface area contributed by atoms with Gasteiger partial charge in [0.2, 0.25) is 0 Å². The highest BCUT2D eigenvalue weighted by atomic mass is 14.2. The molecule has 0 amide bonds. The molecule has 0 bridgehead atoms. The summed E-state index contributed by atoms with van der Waals surface area (Å²) in [5, 5.41) is 0. The monoisotopic (exact) mass is 238 g/mol. The minimum absolute atomic E-state index is 0.210. The first-order chi connectivity index (χ1) is 8.47. The maximum absolute atomic E-state index is 2.28. The molecule has 0 aliphatic rings. The lowest BCUT2D eigenvalue weighted by Gasteiger charge is -2.23. The highest BCUT2D eigenvalue weighted by Gasteiger charge is 2.17. The molecular weight excluding hydrogens is 216 g/mol. The van der Waals surface area contributed by atoms with E-state index in [1.165, 1.54) is 22.3 Å². The van der Waals surface area contributed by atoms with E-state index in [4.69, 9.17) is 0 Å². The maximum atomic E-state index is 2.28. The van der Waals surface area contributed by atoms with E-state index in [0.717, 1.165) is 6.42 Å². The molecule has 0 N–H and O–H groups in total. The van der Waals surface area contributed by atoms with Gasteiger partial charge < -0.3 is 0 Å². The molecule has 2 aromatic rings. The number of aryl methyl sites for hydroxylation is 1. The Labute approximate surface area is 111 Å². The third-order valence-corrected chi connectivity index (χ3v) is 3.34. The molecule has 0 heterocycles. The Kier molecular flexibility index (Phi) is 3.56. The van der Waals surface area contributed by atoms with Crippen LogP contribution in [-0.4, -0.2) is 0 Å². The van der Waals surface area contributed by atoms with Crippen molar-refractivity contribution in [2.75, 3.05) is 0 Å². The molecule has 0 fully saturated rings. The first-order valence-corrected chi connectivity index (χ1v) is 6.61. The highest BCUT2D eigenvalue weighted by Crippen LogP contribution is 2.27. The standard InChI is InChI=1S/C18H22/c1-14-9-11-15(12-10-14)13-16-7-5-6-8-17(16)18(2,3)4/h5-12H,13H2,1-4H3. The minimum Gasteiger partial charge on any atom is -0.0620 e. The molecule has 0 saturated carbocycles. The Balaban J connectivity index is 2.32. The fourth-order valence-corrected chi connectivity index (χ4v) is 2.33. The van der Waals surface area contributed by atoms with E-state index in [1.807, 2.05) is 0 Å². The van der Waals surface area contributed by atoms with E-state index in [0.29, 0.717) is 0 Å². The summed E-state index contributed by atoms with van der Waals surface area (Å²) in [4.78, 5) is 0. The van der Waals surface area contributed by atoms with Crippen LogP contribution in [0.3, 0.4) is 0 Å². The lowest BCUT2D eigenvalue weighted by Crippen LogP contribution is -2.14. The van der Waals surface area contributed by atoms with Gasteiger partial charge in [-0.3, -0.25) is 0 Å². The van der Waals surface area contributed by atoms with E-state index in [9.17, 15) is 0 Å². The van der Waals surface area contributed by atoms with Crippen molar-refractivity contribution in [3.8, 4) is 0 Å². The van der Waals surface area contributed by atoms with Gasteiger partial charge in [-0.15, -0.1) is 0 Å². The van der Waals surface area contributed by atoms with Crippen LogP contribution in [0.5, 0.6) is 0 Å². The predicted molar refractivity (Wildman–Crippen MR) is 79.1 cm³/mol. The predicted octanol–water partition coefficient (Wildman–Crippen LogP) is 4.88. The Morgan fingerprint density at radius 2 is 1.44 bits per heavy atom. The van der Waals surface area contributed by atoms with Crippen LogP contribution in [0.1, 0.15) is 43.0 Å². The Morgan fingerprint density at radius 1 is 0.833 bits per heavy atom. The number of benzene rings is 2. The van der Waals surface area contributed by atoms with Gasteiger partial charge in [0.1, 0.15) is 0 Å². The molecular formula is C18H22. The molecule has 0 spiro atoms. The second-order valence-corrected chi connectivity index (χ2v) is 6.07. The molecule has 2 aromatic carbocycles. The lowest BCUT2D eigenvalue weighted by atomic mass is 9.82. The van der Waals surface area contributed by atoms with E-state index < -0.39 is 0 Å². The first-order valence-electron chi connectivity index (χ1n) is 6.61. The molecule has 0 heteroatoms. The summed E-state index contributed by atoms with van der Waals surface area (Å²) in [5.74, 6) is 0. The third kappa shape index (κ3) is 3.01. The van der Waals surface area contributed by atoms with Gasteiger partial charge in [-0.2, -0.15) is 0 Å². The molecule has 18 heavy (non-hydrogen) atoms. The Morgan fingerprint density at radius 3 is 2.06 bits per heavy atom. The van der Waals surface area contributed by atoms with Crippen molar-refractivity contribution < 1.29 is 0 Å². The van der Waals surface area contributed by atoms with E-state index in [2.05, 4.69) is 76.2 Å². The normalized spacial score (nSPS) is 11.6. The molecule has 0 atom stereocenters. The fourth-order valence-electron chi connectivity index (χ4n) is 2.33. The van der Waals surface area contributed by atoms with Crippen molar-refractivity contribution in [2.24, 2.45) is 0 Å². The fraction of sp³-hybridized carbons (Fsp3) is 0.333. The van der Waals surface area contributed by atoms with Crippen LogP contribution in [0.4, 0.5) is 0 Å². The van der Waals surface area contributed by atoms with Crippen molar-refractivity contribution >= 4 is 0 Å². The summed E-state index contributed by atoms with van der Waals surface area (Å²) in [7, 11) is 0. The van der Waals surface area contributed by atoms with Crippen LogP contribution in [-0.2, 0) is 11.8 Å². The quantitative estimate of drug-likeness (QED) is 0.699. The van der Waals surface area contributed by atoms with Gasteiger partial charge in [0.15, 0.2) is 0 Å². The van der Waals surface area contributed by atoms with Gasteiger partial charge in [-0.1, -0.05) is 74.9 Å². The number of hydrogen-bond acceptors (Lipinski definition) is 0. The summed E-state index contributed by atoms with van der Waals surface area (Å²) in [6.07, 6.45) is 1.02. The molecule has 0 aliphatic heterocycles. The van der Waals surface area contributed by atoms with E-state index >= 15 is 0 Å². The average Bonchev–Trinajstić information content (AvgIpc) is 2.31. The molecule has 2 rings (SSSR count). The average molecular weight is 238 g/mol. The van der Waals surface area contributed by atoms with Crippen molar-refractivity contribution in [3.05, 3.63) is 70.8 Å². The van der Waals surface area contributed by atoms with Gasteiger partial charge in [-0.25, -0.2) is 0 Å². The van der Waals surface area contributed by atoms with Crippen LogP contribution < -0.4 is 0 Å².